The molecule has 0 saturated heterocycles. The Bertz CT molecular complexity index is 861. The van der Waals surface area contributed by atoms with Crippen LogP contribution >= 0.6 is 0 Å². The van der Waals surface area contributed by atoms with Crippen LogP contribution in [0.1, 0.15) is 72.5 Å². The zero-order valence-corrected chi connectivity index (χ0v) is 15.1. The fraction of sp³-hybridized carbons (Fsp3) is 0.429. The summed E-state index contributed by atoms with van der Waals surface area (Å²) in [4.78, 5) is 23.8. The Labute approximate surface area is 152 Å². The normalized spacial score (nSPS) is 16.0. The van der Waals surface area contributed by atoms with E-state index in [1.165, 1.54) is 31.5 Å². The Morgan fingerprint density at radius 3 is 2.35 bits per heavy atom. The highest BCUT2D eigenvalue weighted by molar-refractivity contribution is 5.87. The van der Waals surface area contributed by atoms with Crippen LogP contribution in [0.4, 0.5) is 0 Å². The highest BCUT2D eigenvalue weighted by Crippen LogP contribution is 2.32. The van der Waals surface area contributed by atoms with Crippen molar-refractivity contribution in [1.29, 1.82) is 0 Å². The summed E-state index contributed by atoms with van der Waals surface area (Å²) in [5, 5.41) is 19.1. The van der Waals surface area contributed by atoms with E-state index < -0.39 is 11.4 Å². The minimum atomic E-state index is -1.22. The number of hydrogen-bond acceptors (Lipinski definition) is 3. The van der Waals surface area contributed by atoms with Gasteiger partial charge in [-0.15, -0.1) is 0 Å². The Kier molecular flexibility index (Phi) is 5.45. The van der Waals surface area contributed by atoms with Crippen molar-refractivity contribution in [3.63, 3.8) is 0 Å². The van der Waals surface area contributed by atoms with Crippen LogP contribution in [-0.2, 0) is 0 Å². The molecular formula is C21H25NO4. The molecule has 26 heavy (non-hydrogen) atoms. The summed E-state index contributed by atoms with van der Waals surface area (Å²) in [7, 11) is 0. The molecule has 0 spiro atoms. The zero-order valence-electron chi connectivity index (χ0n) is 15.1. The second-order valence-electron chi connectivity index (χ2n) is 7.16. The second-order valence-corrected chi connectivity index (χ2v) is 7.16. The summed E-state index contributed by atoms with van der Waals surface area (Å²) in [6.45, 7) is 1.87. The predicted octanol–water partition coefficient (Wildman–Crippen LogP) is 4.38. The average Bonchev–Trinajstić information content (AvgIpc) is 2.55. The molecule has 0 bridgehead atoms. The van der Waals surface area contributed by atoms with Crippen LogP contribution in [0, 0.1) is 6.92 Å². The van der Waals surface area contributed by atoms with Gasteiger partial charge in [-0.25, -0.2) is 4.79 Å². The number of rotatable bonds is 3. The molecule has 5 heteroatoms. The van der Waals surface area contributed by atoms with Gasteiger partial charge in [-0.3, -0.25) is 4.79 Å². The van der Waals surface area contributed by atoms with Crippen molar-refractivity contribution >= 4 is 5.97 Å². The number of benzene rings is 1. The predicted molar refractivity (Wildman–Crippen MR) is 100 cm³/mol. The third-order valence-corrected chi connectivity index (χ3v) is 5.27. The highest BCUT2D eigenvalue weighted by Gasteiger charge is 2.21. The first kappa shape index (κ1) is 18.2. The van der Waals surface area contributed by atoms with Crippen LogP contribution in [0.3, 0.4) is 0 Å². The van der Waals surface area contributed by atoms with Gasteiger partial charge in [0.15, 0.2) is 5.43 Å². The molecule has 1 heterocycles. The molecule has 1 aromatic heterocycles. The van der Waals surface area contributed by atoms with E-state index in [0.717, 1.165) is 42.6 Å². The van der Waals surface area contributed by atoms with E-state index in [1.807, 2.05) is 11.5 Å². The number of phenolic OH excluding ortho intramolecular Hbond substituents is 1. The lowest BCUT2D eigenvalue weighted by atomic mass is 9.88. The van der Waals surface area contributed by atoms with Gasteiger partial charge in [-0.1, -0.05) is 32.1 Å². The molecule has 0 aliphatic heterocycles. The van der Waals surface area contributed by atoms with Crippen molar-refractivity contribution in [3.8, 4) is 11.4 Å². The van der Waals surface area contributed by atoms with E-state index >= 15 is 0 Å². The molecule has 1 aromatic carbocycles. The quantitative estimate of drug-likeness (QED) is 0.856. The molecule has 138 valence electrons. The van der Waals surface area contributed by atoms with Crippen LogP contribution in [0.25, 0.3) is 5.69 Å². The van der Waals surface area contributed by atoms with E-state index in [1.54, 1.807) is 18.2 Å². The van der Waals surface area contributed by atoms with E-state index in [-0.39, 0.29) is 17.2 Å². The van der Waals surface area contributed by atoms with Crippen molar-refractivity contribution in [2.75, 3.05) is 0 Å². The summed E-state index contributed by atoms with van der Waals surface area (Å²) in [6, 6.07) is 6.51. The number of phenols is 1. The standard InChI is InChI=1S/C21H25NO4/c1-14-11-16(23)9-10-18(14)22-13-17(21(25)26)20(24)12-19(22)15-7-5-3-2-4-6-8-15/h9-13,15,23H,2-8H2,1H3,(H,25,26). The number of carboxylic acid groups (broad SMARTS) is 1. The van der Waals surface area contributed by atoms with E-state index in [9.17, 15) is 19.8 Å². The fourth-order valence-corrected chi connectivity index (χ4v) is 3.89. The minimum Gasteiger partial charge on any atom is -0.508 e. The topological polar surface area (TPSA) is 79.5 Å². The lowest BCUT2D eigenvalue weighted by molar-refractivity contribution is 0.0694. The molecule has 2 aromatic rings. The number of pyridine rings is 1. The molecule has 0 radical (unpaired) electrons. The van der Waals surface area contributed by atoms with Crippen LogP contribution in [-0.4, -0.2) is 20.7 Å². The van der Waals surface area contributed by atoms with Gasteiger partial charge in [0, 0.05) is 23.6 Å². The number of aromatic hydroxyl groups is 1. The minimum absolute atomic E-state index is 0.165. The maximum Gasteiger partial charge on any atom is 0.341 e. The van der Waals surface area contributed by atoms with Crippen molar-refractivity contribution in [2.24, 2.45) is 0 Å². The number of aromatic carboxylic acids is 1. The summed E-state index contributed by atoms with van der Waals surface area (Å²) < 4.78 is 1.84. The molecule has 0 atom stereocenters. The third-order valence-electron chi connectivity index (χ3n) is 5.27. The van der Waals surface area contributed by atoms with Gasteiger partial charge >= 0.3 is 5.97 Å². The van der Waals surface area contributed by atoms with Crippen molar-refractivity contribution in [2.45, 2.75) is 57.8 Å². The van der Waals surface area contributed by atoms with Crippen molar-refractivity contribution in [1.82, 2.24) is 4.57 Å². The molecule has 1 saturated carbocycles. The highest BCUT2D eigenvalue weighted by atomic mass is 16.4. The summed E-state index contributed by atoms with van der Waals surface area (Å²) in [5.74, 6) is -0.818. The Morgan fingerprint density at radius 2 is 1.73 bits per heavy atom. The van der Waals surface area contributed by atoms with E-state index in [4.69, 9.17) is 0 Å². The van der Waals surface area contributed by atoms with Crippen molar-refractivity contribution < 1.29 is 15.0 Å². The Hall–Kier alpha value is -2.56. The first-order valence-electron chi connectivity index (χ1n) is 9.27. The Balaban J connectivity index is 2.17. The Morgan fingerprint density at radius 1 is 1.08 bits per heavy atom. The SMILES string of the molecule is Cc1cc(O)ccc1-n1cc(C(=O)O)c(=O)cc1C1CCCCCCC1. The van der Waals surface area contributed by atoms with Gasteiger partial charge in [-0.05, 0) is 49.4 Å². The molecule has 3 rings (SSSR count). The first-order valence-corrected chi connectivity index (χ1v) is 9.27. The summed E-state index contributed by atoms with van der Waals surface area (Å²) in [5.41, 5.74) is 1.82. The monoisotopic (exact) mass is 355 g/mol. The van der Waals surface area contributed by atoms with Crippen molar-refractivity contribution in [3.05, 3.63) is 57.5 Å². The fourth-order valence-electron chi connectivity index (χ4n) is 3.89. The molecule has 0 unspecified atom stereocenters. The maximum atomic E-state index is 12.4. The molecule has 2 N–H and O–H groups in total. The van der Waals surface area contributed by atoms with Gasteiger partial charge in [0.05, 0.1) is 0 Å². The van der Waals surface area contributed by atoms with Gasteiger partial charge < -0.3 is 14.8 Å². The van der Waals surface area contributed by atoms with Gasteiger partial charge in [0.2, 0.25) is 0 Å². The summed E-state index contributed by atoms with van der Waals surface area (Å²) in [6.07, 6.45) is 9.35. The van der Waals surface area contributed by atoms with Gasteiger partial charge in [0.25, 0.3) is 0 Å². The lowest BCUT2D eigenvalue weighted by Gasteiger charge is -2.25. The molecule has 5 nitrogen and oxygen atoms in total. The summed E-state index contributed by atoms with van der Waals surface area (Å²) >= 11 is 0. The number of aryl methyl sites for hydroxylation is 1. The smallest absolute Gasteiger partial charge is 0.341 e. The molecule has 1 aliphatic carbocycles. The average molecular weight is 355 g/mol. The molecule has 0 amide bonds. The second kappa shape index (κ2) is 7.77. The maximum absolute atomic E-state index is 12.4. The number of aromatic nitrogens is 1. The van der Waals surface area contributed by atoms with Crippen LogP contribution in [0.2, 0.25) is 0 Å². The molecule has 1 fully saturated rings. The van der Waals surface area contributed by atoms with Crippen LogP contribution in [0.15, 0.2) is 35.3 Å². The van der Waals surface area contributed by atoms with Gasteiger partial charge in [0.1, 0.15) is 11.3 Å². The van der Waals surface area contributed by atoms with Crippen LogP contribution in [0.5, 0.6) is 5.75 Å². The number of nitrogens with zero attached hydrogens (tertiary/aromatic N) is 1. The number of hydrogen-bond donors (Lipinski definition) is 2. The largest absolute Gasteiger partial charge is 0.508 e. The van der Waals surface area contributed by atoms with Gasteiger partial charge in [-0.2, -0.15) is 0 Å². The molecule has 1 aliphatic rings. The van der Waals surface area contributed by atoms with Crippen LogP contribution < -0.4 is 5.43 Å². The van der Waals surface area contributed by atoms with E-state index in [2.05, 4.69) is 0 Å². The number of carbonyl (C=O) groups is 1. The van der Waals surface area contributed by atoms with E-state index in [0.29, 0.717) is 0 Å². The lowest BCUT2D eigenvalue weighted by Crippen LogP contribution is -2.22. The third kappa shape index (κ3) is 3.82. The molecular weight excluding hydrogens is 330 g/mol. The number of carboxylic acids is 1. The zero-order chi connectivity index (χ0) is 18.7. The first-order chi connectivity index (χ1) is 12.5.